The lowest BCUT2D eigenvalue weighted by atomic mass is 10.1. The molecule has 4 nitrogen and oxygen atoms in total. The SMILES string of the molecule is COC(=O)C1CC(=O)N(Cc2ccc(C)c(F)c2)C1. The zero-order valence-corrected chi connectivity index (χ0v) is 11.0. The maximum atomic E-state index is 13.4. The van der Waals surface area contributed by atoms with Crippen LogP contribution in [0, 0.1) is 18.7 Å². The molecule has 5 heteroatoms. The van der Waals surface area contributed by atoms with Crippen LogP contribution in [0.15, 0.2) is 18.2 Å². The van der Waals surface area contributed by atoms with E-state index in [9.17, 15) is 14.0 Å². The number of methoxy groups -OCH3 is 1. The smallest absolute Gasteiger partial charge is 0.310 e. The van der Waals surface area contributed by atoms with E-state index >= 15 is 0 Å². The van der Waals surface area contributed by atoms with Gasteiger partial charge in [0, 0.05) is 19.5 Å². The minimum atomic E-state index is -0.409. The fraction of sp³-hybridized carbons (Fsp3) is 0.429. The van der Waals surface area contributed by atoms with Crippen molar-refractivity contribution in [2.75, 3.05) is 13.7 Å². The fourth-order valence-corrected chi connectivity index (χ4v) is 2.20. The molecule has 1 heterocycles. The monoisotopic (exact) mass is 265 g/mol. The average molecular weight is 265 g/mol. The normalized spacial score (nSPS) is 18.8. The first-order chi connectivity index (χ1) is 9.01. The van der Waals surface area contributed by atoms with E-state index in [4.69, 9.17) is 0 Å². The number of hydrogen-bond acceptors (Lipinski definition) is 3. The van der Waals surface area contributed by atoms with E-state index in [0.29, 0.717) is 18.7 Å². The van der Waals surface area contributed by atoms with E-state index in [1.807, 2.05) is 0 Å². The summed E-state index contributed by atoms with van der Waals surface area (Å²) in [5, 5.41) is 0. The summed E-state index contributed by atoms with van der Waals surface area (Å²) in [4.78, 5) is 24.7. The third-order valence-corrected chi connectivity index (χ3v) is 3.36. The van der Waals surface area contributed by atoms with Crippen LogP contribution in [0.1, 0.15) is 17.5 Å². The van der Waals surface area contributed by atoms with Crippen molar-refractivity contribution in [3.8, 4) is 0 Å². The van der Waals surface area contributed by atoms with Gasteiger partial charge in [0.2, 0.25) is 5.91 Å². The molecule has 1 aliphatic heterocycles. The Labute approximate surface area is 111 Å². The van der Waals surface area contributed by atoms with Gasteiger partial charge in [-0.15, -0.1) is 0 Å². The van der Waals surface area contributed by atoms with E-state index in [2.05, 4.69) is 4.74 Å². The summed E-state index contributed by atoms with van der Waals surface area (Å²) in [6.07, 6.45) is 0.168. The number of nitrogens with zero attached hydrogens (tertiary/aromatic N) is 1. The van der Waals surface area contributed by atoms with E-state index in [-0.39, 0.29) is 24.1 Å². The fourth-order valence-electron chi connectivity index (χ4n) is 2.20. The molecule has 0 radical (unpaired) electrons. The van der Waals surface area contributed by atoms with Crippen LogP contribution in [0.2, 0.25) is 0 Å². The molecule has 1 aromatic carbocycles. The van der Waals surface area contributed by atoms with Crippen molar-refractivity contribution in [2.24, 2.45) is 5.92 Å². The van der Waals surface area contributed by atoms with Crippen molar-refractivity contribution in [1.82, 2.24) is 4.90 Å². The predicted molar refractivity (Wildman–Crippen MR) is 66.7 cm³/mol. The van der Waals surface area contributed by atoms with Gasteiger partial charge in [0.15, 0.2) is 0 Å². The van der Waals surface area contributed by atoms with Gasteiger partial charge in [0.25, 0.3) is 0 Å². The molecule has 1 aliphatic rings. The van der Waals surface area contributed by atoms with E-state index in [0.717, 1.165) is 5.56 Å². The number of benzene rings is 1. The first-order valence-corrected chi connectivity index (χ1v) is 6.12. The van der Waals surface area contributed by atoms with Crippen LogP contribution in [0.4, 0.5) is 4.39 Å². The second-order valence-electron chi connectivity index (χ2n) is 4.78. The van der Waals surface area contributed by atoms with Gasteiger partial charge in [-0.1, -0.05) is 12.1 Å². The third kappa shape index (κ3) is 2.92. The van der Waals surface area contributed by atoms with E-state index < -0.39 is 5.92 Å². The summed E-state index contributed by atoms with van der Waals surface area (Å²) in [6.45, 7) is 2.35. The highest BCUT2D eigenvalue weighted by molar-refractivity contribution is 5.86. The second kappa shape index (κ2) is 5.38. The first-order valence-electron chi connectivity index (χ1n) is 6.12. The van der Waals surface area contributed by atoms with Crippen molar-refractivity contribution < 1.29 is 18.7 Å². The molecule has 1 atom stereocenters. The molecule has 0 saturated carbocycles. The maximum Gasteiger partial charge on any atom is 0.310 e. The highest BCUT2D eigenvalue weighted by Gasteiger charge is 2.34. The summed E-state index contributed by atoms with van der Waals surface area (Å²) < 4.78 is 18.1. The number of halogens is 1. The highest BCUT2D eigenvalue weighted by atomic mass is 19.1. The molecule has 1 unspecified atom stereocenters. The van der Waals surface area contributed by atoms with Gasteiger partial charge in [-0.3, -0.25) is 9.59 Å². The molecule has 0 aromatic heterocycles. The lowest BCUT2D eigenvalue weighted by Crippen LogP contribution is -2.26. The molecule has 0 bridgehead atoms. The van der Waals surface area contributed by atoms with E-state index in [1.165, 1.54) is 13.2 Å². The average Bonchev–Trinajstić information content (AvgIpc) is 2.74. The Balaban J connectivity index is 2.05. The summed E-state index contributed by atoms with van der Waals surface area (Å²) in [7, 11) is 1.31. The molecule has 1 saturated heterocycles. The van der Waals surface area contributed by atoms with Crippen LogP contribution in [0.3, 0.4) is 0 Å². The van der Waals surface area contributed by atoms with Gasteiger partial charge in [0.1, 0.15) is 5.82 Å². The standard InChI is InChI=1S/C14H16FNO3/c1-9-3-4-10(5-12(9)15)7-16-8-11(6-13(16)17)14(18)19-2/h3-5,11H,6-8H2,1-2H3. The van der Waals surface area contributed by atoms with Gasteiger partial charge in [0.05, 0.1) is 13.0 Å². The molecular formula is C14H16FNO3. The van der Waals surface area contributed by atoms with Gasteiger partial charge < -0.3 is 9.64 Å². The minimum Gasteiger partial charge on any atom is -0.469 e. The minimum absolute atomic E-state index is 0.101. The number of rotatable bonds is 3. The van der Waals surface area contributed by atoms with Crippen LogP contribution in [-0.2, 0) is 20.9 Å². The van der Waals surface area contributed by atoms with Gasteiger partial charge >= 0.3 is 5.97 Å². The molecule has 0 N–H and O–H groups in total. The molecule has 1 aromatic rings. The van der Waals surface area contributed by atoms with Crippen LogP contribution in [0.5, 0.6) is 0 Å². The number of hydrogen-bond donors (Lipinski definition) is 0. The van der Waals surface area contributed by atoms with Gasteiger partial charge in [-0.2, -0.15) is 0 Å². The quantitative estimate of drug-likeness (QED) is 0.781. The molecular weight excluding hydrogens is 249 g/mol. The first kappa shape index (κ1) is 13.5. The van der Waals surface area contributed by atoms with Crippen molar-refractivity contribution >= 4 is 11.9 Å². The van der Waals surface area contributed by atoms with Gasteiger partial charge in [-0.25, -0.2) is 4.39 Å². The summed E-state index contributed by atoms with van der Waals surface area (Å²) in [5.41, 5.74) is 1.30. The van der Waals surface area contributed by atoms with Crippen LogP contribution in [-0.4, -0.2) is 30.4 Å². The topological polar surface area (TPSA) is 46.6 Å². The Hall–Kier alpha value is -1.91. The predicted octanol–water partition coefficient (Wildman–Crippen LogP) is 1.66. The Morgan fingerprint density at radius 3 is 2.89 bits per heavy atom. The number of likely N-dealkylation sites (tertiary alicyclic amines) is 1. The van der Waals surface area contributed by atoms with Crippen LogP contribution >= 0.6 is 0 Å². The Kier molecular flexibility index (Phi) is 3.83. The molecule has 19 heavy (non-hydrogen) atoms. The number of carbonyl (C=O) groups is 2. The summed E-state index contributed by atoms with van der Waals surface area (Å²) in [5.74, 6) is -1.16. The summed E-state index contributed by atoms with van der Waals surface area (Å²) >= 11 is 0. The molecule has 1 amide bonds. The molecule has 102 valence electrons. The van der Waals surface area contributed by atoms with Crippen molar-refractivity contribution in [3.63, 3.8) is 0 Å². The molecule has 1 fully saturated rings. The molecule has 0 spiro atoms. The Morgan fingerprint density at radius 1 is 1.53 bits per heavy atom. The second-order valence-corrected chi connectivity index (χ2v) is 4.78. The van der Waals surface area contributed by atoms with Crippen LogP contribution < -0.4 is 0 Å². The van der Waals surface area contributed by atoms with Crippen molar-refractivity contribution in [2.45, 2.75) is 19.9 Å². The number of aryl methyl sites for hydroxylation is 1. The number of esters is 1. The number of carbonyl (C=O) groups excluding carboxylic acids is 2. The lowest BCUT2D eigenvalue weighted by Gasteiger charge is -2.16. The summed E-state index contributed by atoms with van der Waals surface area (Å²) in [6, 6.07) is 4.90. The van der Waals surface area contributed by atoms with Gasteiger partial charge in [-0.05, 0) is 24.1 Å². The maximum absolute atomic E-state index is 13.4. The largest absolute Gasteiger partial charge is 0.469 e. The zero-order chi connectivity index (χ0) is 14.0. The molecule has 0 aliphatic carbocycles. The number of ether oxygens (including phenoxy) is 1. The van der Waals surface area contributed by atoms with E-state index in [1.54, 1.807) is 24.0 Å². The Morgan fingerprint density at radius 2 is 2.26 bits per heavy atom. The molecule has 2 rings (SSSR count). The lowest BCUT2D eigenvalue weighted by molar-refractivity contribution is -0.145. The van der Waals surface area contributed by atoms with Crippen molar-refractivity contribution in [1.29, 1.82) is 0 Å². The zero-order valence-electron chi connectivity index (χ0n) is 11.0. The third-order valence-electron chi connectivity index (χ3n) is 3.36. The van der Waals surface area contributed by atoms with Crippen molar-refractivity contribution in [3.05, 3.63) is 35.1 Å². The van der Waals surface area contributed by atoms with Crippen LogP contribution in [0.25, 0.3) is 0 Å². The highest BCUT2D eigenvalue weighted by Crippen LogP contribution is 2.21. The number of amides is 1. The Bertz CT molecular complexity index is 515.